The van der Waals surface area contributed by atoms with Crippen molar-refractivity contribution in [1.82, 2.24) is 9.80 Å². The molecule has 140 valence electrons. The van der Waals surface area contributed by atoms with Crippen molar-refractivity contribution in [2.45, 2.75) is 26.7 Å². The van der Waals surface area contributed by atoms with Crippen LogP contribution in [0, 0.1) is 13.8 Å². The largest absolute Gasteiger partial charge is 0.483 e. The van der Waals surface area contributed by atoms with E-state index in [0.717, 1.165) is 29.8 Å². The van der Waals surface area contributed by atoms with Crippen LogP contribution >= 0.6 is 0 Å². The third kappa shape index (κ3) is 7.56. The van der Waals surface area contributed by atoms with Gasteiger partial charge in [-0.1, -0.05) is 12.1 Å². The molecule has 0 aliphatic carbocycles. The number of carbonyl (C=O) groups is 2. The molecule has 1 aromatic rings. The molecule has 0 saturated carbocycles. The van der Waals surface area contributed by atoms with Crippen molar-refractivity contribution in [3.05, 3.63) is 29.3 Å². The Labute approximate surface area is 150 Å². The van der Waals surface area contributed by atoms with E-state index in [4.69, 9.17) is 4.74 Å². The Hall–Kier alpha value is -2.08. The molecule has 0 saturated heterocycles. The number of ether oxygens (including phenoxy) is 2. The first-order valence-electron chi connectivity index (χ1n) is 8.53. The number of amides is 1. The summed E-state index contributed by atoms with van der Waals surface area (Å²) in [4.78, 5) is 27.6. The van der Waals surface area contributed by atoms with Crippen molar-refractivity contribution < 1.29 is 19.1 Å². The van der Waals surface area contributed by atoms with Gasteiger partial charge in [0, 0.05) is 13.1 Å². The number of hydrogen-bond acceptors (Lipinski definition) is 5. The Kier molecular flexibility index (Phi) is 8.99. The molecule has 0 unspecified atom stereocenters. The maximum atomic E-state index is 12.5. The van der Waals surface area contributed by atoms with Gasteiger partial charge in [-0.15, -0.1) is 0 Å². The summed E-state index contributed by atoms with van der Waals surface area (Å²) >= 11 is 0. The van der Waals surface area contributed by atoms with Crippen molar-refractivity contribution in [1.29, 1.82) is 0 Å². The van der Waals surface area contributed by atoms with Crippen LogP contribution in [0.3, 0.4) is 0 Å². The van der Waals surface area contributed by atoms with E-state index in [1.807, 2.05) is 46.1 Å². The highest BCUT2D eigenvalue weighted by Crippen LogP contribution is 2.20. The molecule has 25 heavy (non-hydrogen) atoms. The summed E-state index contributed by atoms with van der Waals surface area (Å²) < 4.78 is 10.4. The van der Waals surface area contributed by atoms with Gasteiger partial charge < -0.3 is 19.3 Å². The SMILES string of the molecule is COC(=O)CCN(CCCN(C)C)C(=O)COc1cccc(C)c1C. The topological polar surface area (TPSA) is 59.1 Å². The lowest BCUT2D eigenvalue weighted by Gasteiger charge is -2.23. The minimum atomic E-state index is -0.319. The first-order valence-corrected chi connectivity index (χ1v) is 8.53. The monoisotopic (exact) mass is 350 g/mol. The Balaban J connectivity index is 2.63. The number of nitrogens with zero attached hydrogens (tertiary/aromatic N) is 2. The zero-order chi connectivity index (χ0) is 18.8. The van der Waals surface area contributed by atoms with Gasteiger partial charge in [-0.3, -0.25) is 9.59 Å². The molecule has 1 rings (SSSR count). The molecule has 6 heteroatoms. The van der Waals surface area contributed by atoms with Crippen molar-refractivity contribution in [2.75, 3.05) is 47.4 Å². The summed E-state index contributed by atoms with van der Waals surface area (Å²) in [6.45, 7) is 5.75. The lowest BCUT2D eigenvalue weighted by molar-refractivity contribution is -0.142. The molecule has 6 nitrogen and oxygen atoms in total. The summed E-state index contributed by atoms with van der Waals surface area (Å²) in [5, 5.41) is 0. The highest BCUT2D eigenvalue weighted by molar-refractivity contribution is 5.78. The van der Waals surface area contributed by atoms with Crippen LogP contribution in [0.5, 0.6) is 5.75 Å². The lowest BCUT2D eigenvalue weighted by Crippen LogP contribution is -2.38. The number of benzene rings is 1. The van der Waals surface area contributed by atoms with E-state index in [1.165, 1.54) is 7.11 Å². The van der Waals surface area contributed by atoms with E-state index < -0.39 is 0 Å². The average Bonchev–Trinajstić information content (AvgIpc) is 2.58. The summed E-state index contributed by atoms with van der Waals surface area (Å²) in [7, 11) is 5.33. The van der Waals surface area contributed by atoms with E-state index in [1.54, 1.807) is 4.90 Å². The molecule has 0 spiro atoms. The average molecular weight is 350 g/mol. The van der Waals surface area contributed by atoms with Gasteiger partial charge in [0.1, 0.15) is 5.75 Å². The predicted molar refractivity (Wildman–Crippen MR) is 97.8 cm³/mol. The minimum Gasteiger partial charge on any atom is -0.483 e. The van der Waals surface area contributed by atoms with Crippen molar-refractivity contribution in [2.24, 2.45) is 0 Å². The van der Waals surface area contributed by atoms with Crippen LogP contribution in [-0.2, 0) is 14.3 Å². The van der Waals surface area contributed by atoms with Crippen LogP contribution in [0.25, 0.3) is 0 Å². The van der Waals surface area contributed by atoms with E-state index in [-0.39, 0.29) is 24.9 Å². The van der Waals surface area contributed by atoms with Gasteiger partial charge in [0.25, 0.3) is 5.91 Å². The normalized spacial score (nSPS) is 10.6. The number of rotatable bonds is 10. The summed E-state index contributed by atoms with van der Waals surface area (Å²) in [6, 6.07) is 5.78. The van der Waals surface area contributed by atoms with Crippen LogP contribution < -0.4 is 4.74 Å². The van der Waals surface area contributed by atoms with E-state index in [9.17, 15) is 9.59 Å². The fourth-order valence-electron chi connectivity index (χ4n) is 2.38. The van der Waals surface area contributed by atoms with Crippen LogP contribution in [0.4, 0.5) is 0 Å². The second-order valence-corrected chi connectivity index (χ2v) is 6.35. The maximum Gasteiger partial charge on any atom is 0.307 e. The smallest absolute Gasteiger partial charge is 0.307 e. The maximum absolute atomic E-state index is 12.5. The Morgan fingerprint density at radius 2 is 1.80 bits per heavy atom. The van der Waals surface area contributed by atoms with Gasteiger partial charge in [0.2, 0.25) is 0 Å². The minimum absolute atomic E-state index is 0.0343. The van der Waals surface area contributed by atoms with Gasteiger partial charge >= 0.3 is 5.97 Å². The Morgan fingerprint density at radius 3 is 2.44 bits per heavy atom. The molecule has 0 aliphatic rings. The molecule has 0 aromatic heterocycles. The molecular weight excluding hydrogens is 320 g/mol. The Morgan fingerprint density at radius 1 is 1.08 bits per heavy atom. The standard InChI is InChI=1S/C19H30N2O4/c1-15-8-6-9-17(16(15)2)25-14-18(22)21(12-7-11-20(3)4)13-10-19(23)24-5/h6,8-9H,7,10-14H2,1-5H3. The van der Waals surface area contributed by atoms with Crippen molar-refractivity contribution in [3.8, 4) is 5.75 Å². The highest BCUT2D eigenvalue weighted by atomic mass is 16.5. The van der Waals surface area contributed by atoms with Crippen molar-refractivity contribution >= 4 is 11.9 Å². The van der Waals surface area contributed by atoms with Gasteiger partial charge in [0.15, 0.2) is 6.61 Å². The van der Waals surface area contributed by atoms with Gasteiger partial charge in [0.05, 0.1) is 13.5 Å². The van der Waals surface area contributed by atoms with E-state index >= 15 is 0 Å². The number of aryl methyl sites for hydroxylation is 1. The molecule has 0 heterocycles. The van der Waals surface area contributed by atoms with Gasteiger partial charge in [-0.2, -0.15) is 0 Å². The van der Waals surface area contributed by atoms with Crippen LogP contribution in [0.1, 0.15) is 24.0 Å². The predicted octanol–water partition coefficient (Wildman–Crippen LogP) is 2.03. The summed E-state index contributed by atoms with van der Waals surface area (Å²) in [5.41, 5.74) is 2.16. The number of carbonyl (C=O) groups excluding carboxylic acids is 2. The third-order valence-corrected chi connectivity index (χ3v) is 4.11. The van der Waals surface area contributed by atoms with Gasteiger partial charge in [-0.05, 0) is 58.1 Å². The molecule has 0 bridgehead atoms. The van der Waals surface area contributed by atoms with Crippen LogP contribution in [0.15, 0.2) is 18.2 Å². The molecule has 1 aromatic carbocycles. The zero-order valence-electron chi connectivity index (χ0n) is 16.0. The second kappa shape index (κ2) is 10.7. The molecule has 0 N–H and O–H groups in total. The first-order chi connectivity index (χ1) is 11.8. The third-order valence-electron chi connectivity index (χ3n) is 4.11. The first kappa shape index (κ1) is 21.0. The van der Waals surface area contributed by atoms with E-state index in [2.05, 4.69) is 9.64 Å². The summed E-state index contributed by atoms with van der Waals surface area (Å²) in [6.07, 6.45) is 1.02. The fraction of sp³-hybridized carbons (Fsp3) is 0.579. The number of esters is 1. The molecule has 1 amide bonds. The van der Waals surface area contributed by atoms with E-state index in [0.29, 0.717) is 13.1 Å². The zero-order valence-corrected chi connectivity index (χ0v) is 16.0. The van der Waals surface area contributed by atoms with Crippen LogP contribution in [0.2, 0.25) is 0 Å². The lowest BCUT2D eigenvalue weighted by atomic mass is 10.1. The molecule has 0 fully saturated rings. The summed E-state index contributed by atoms with van der Waals surface area (Å²) in [5.74, 6) is 0.277. The molecule has 0 radical (unpaired) electrons. The number of methoxy groups -OCH3 is 1. The van der Waals surface area contributed by atoms with Gasteiger partial charge in [-0.25, -0.2) is 0 Å². The van der Waals surface area contributed by atoms with Crippen molar-refractivity contribution in [3.63, 3.8) is 0 Å². The Bertz CT molecular complexity index is 573. The second-order valence-electron chi connectivity index (χ2n) is 6.35. The van der Waals surface area contributed by atoms with Crippen LogP contribution in [-0.4, -0.2) is 69.1 Å². The molecule has 0 atom stereocenters. The number of hydrogen-bond donors (Lipinski definition) is 0. The molecule has 0 aliphatic heterocycles. The highest BCUT2D eigenvalue weighted by Gasteiger charge is 2.16. The molecular formula is C19H30N2O4. The quantitative estimate of drug-likeness (QED) is 0.604. The fourth-order valence-corrected chi connectivity index (χ4v) is 2.38.